The maximum Gasteiger partial charge on any atom is 0.260 e. The van der Waals surface area contributed by atoms with Gasteiger partial charge in [0, 0.05) is 42.0 Å². The first-order chi connectivity index (χ1) is 22.9. The van der Waals surface area contributed by atoms with Crippen LogP contribution >= 0.6 is 11.6 Å². The number of hydrogen-bond donors (Lipinski definition) is 3. The monoisotopic (exact) mass is 692 g/mol. The van der Waals surface area contributed by atoms with Crippen molar-refractivity contribution in [3.63, 3.8) is 0 Å². The van der Waals surface area contributed by atoms with Gasteiger partial charge >= 0.3 is 0 Å². The van der Waals surface area contributed by atoms with Gasteiger partial charge in [-0.3, -0.25) is 14.2 Å². The molecule has 0 bridgehead atoms. The van der Waals surface area contributed by atoms with E-state index in [0.717, 1.165) is 35.1 Å². The van der Waals surface area contributed by atoms with Gasteiger partial charge in [0.15, 0.2) is 5.03 Å². The van der Waals surface area contributed by atoms with E-state index in [1.807, 2.05) is 44.2 Å². The van der Waals surface area contributed by atoms with Crippen LogP contribution < -0.4 is 21.8 Å². The Morgan fingerprint density at radius 1 is 1.15 bits per heavy atom. The summed E-state index contributed by atoms with van der Waals surface area (Å²) >= 11 is 6.37. The van der Waals surface area contributed by atoms with E-state index in [2.05, 4.69) is 25.4 Å². The fraction of sp³-hybridized carbons (Fsp3) is 0.312. The van der Waals surface area contributed by atoms with Crippen LogP contribution in [0.4, 0.5) is 11.6 Å². The number of imidazole rings is 1. The van der Waals surface area contributed by atoms with Crippen LogP contribution in [0.2, 0.25) is 5.02 Å². The number of benzene rings is 2. The third-order valence-corrected chi connectivity index (χ3v) is 10.5. The largest absolute Gasteiger partial charge is 0.384 e. The average Bonchev–Trinajstić information content (AvgIpc) is 3.76. The molecule has 2 aliphatic heterocycles. The van der Waals surface area contributed by atoms with Crippen molar-refractivity contribution >= 4 is 51.4 Å². The maximum absolute atomic E-state index is 14.3. The number of amides is 2. The van der Waals surface area contributed by atoms with Crippen molar-refractivity contribution in [1.29, 1.82) is 0 Å². The molecular weight excluding hydrogens is 656 g/mol. The number of nitrogens with one attached hydrogen (secondary N) is 1. The lowest BCUT2D eigenvalue weighted by Gasteiger charge is -2.28. The van der Waals surface area contributed by atoms with Gasteiger partial charge in [-0.25, -0.2) is 28.3 Å². The van der Waals surface area contributed by atoms with Gasteiger partial charge in [-0.15, -0.1) is 0 Å². The highest BCUT2D eigenvalue weighted by molar-refractivity contribution is 7.89. The Kier molecular flexibility index (Phi) is 10.1. The van der Waals surface area contributed by atoms with E-state index in [0.29, 0.717) is 23.7 Å². The number of nitrogens with two attached hydrogens (primary N) is 2. The minimum atomic E-state index is -3.91. The Balaban J connectivity index is 0.000000503. The molecule has 0 aliphatic carbocycles. The molecule has 2 atom stereocenters. The molecule has 2 aromatic heterocycles. The molecule has 1 fully saturated rings. The number of anilines is 2. The molecule has 0 saturated carbocycles. The number of aromatic nitrogens is 4. The lowest BCUT2D eigenvalue weighted by molar-refractivity contribution is -0.124. The Bertz CT molecular complexity index is 1920. The lowest BCUT2D eigenvalue weighted by Crippen LogP contribution is -2.43. The number of hydrogen-bond acceptors (Lipinski definition) is 9. The van der Waals surface area contributed by atoms with Crippen molar-refractivity contribution in [3.05, 3.63) is 83.5 Å². The van der Waals surface area contributed by atoms with Crippen molar-refractivity contribution in [2.24, 2.45) is 16.7 Å². The standard InChI is InChI=1S/C29H29ClN6O3S.C3H8N4O/c1-19-11-24(30)13-25(12-19)35-27(37)29(3,14-21-6-8-22(9-7-21)23-15-31-18-32-16-23)36-26(17-33-28(35)36)40(38,39)34-10-4-5-20(34)2;4-3(7-5)1-6-2-8/h6-9,11-13,15-18,20H,4-5,10,14H2,1-3H3;2H,1,5H2,(H2,4,7)(H,6,8)/t20?,29-;/m1./s1. The van der Waals surface area contributed by atoms with Crippen LogP contribution in [0.1, 0.15) is 37.8 Å². The molecule has 16 heteroatoms. The number of carbonyl (C=O) groups excluding carboxylic acids is 2. The molecule has 48 heavy (non-hydrogen) atoms. The van der Waals surface area contributed by atoms with Crippen molar-refractivity contribution in [2.45, 2.75) is 56.6 Å². The van der Waals surface area contributed by atoms with Crippen LogP contribution in [0.5, 0.6) is 0 Å². The summed E-state index contributed by atoms with van der Waals surface area (Å²) in [7, 11) is -3.91. The molecular formula is C32H37ClN10O4S. The summed E-state index contributed by atoms with van der Waals surface area (Å²) < 4.78 is 31.1. The molecule has 252 valence electrons. The van der Waals surface area contributed by atoms with Gasteiger partial charge in [0.1, 0.15) is 17.7 Å². The number of rotatable bonds is 9. The molecule has 14 nitrogen and oxygen atoms in total. The van der Waals surface area contributed by atoms with Crippen LogP contribution in [-0.4, -0.2) is 69.5 Å². The predicted octanol–water partition coefficient (Wildman–Crippen LogP) is 3.07. The van der Waals surface area contributed by atoms with Gasteiger partial charge in [-0.05, 0) is 68.5 Å². The molecule has 6 rings (SSSR count). The summed E-state index contributed by atoms with van der Waals surface area (Å²) in [6.07, 6.45) is 8.71. The average molecular weight is 693 g/mol. The topological polar surface area (TPSA) is 195 Å². The maximum atomic E-state index is 14.3. The summed E-state index contributed by atoms with van der Waals surface area (Å²) in [5.41, 5.74) is 7.92. The first-order valence-electron chi connectivity index (χ1n) is 15.2. The van der Waals surface area contributed by atoms with E-state index in [-0.39, 0.29) is 41.7 Å². The SMILES string of the molecule is Cc1cc(Cl)cc(N2C(=O)[C@@](C)(Cc3ccc(-c4cncnc4)cc3)n3c(S(=O)(=O)N4CCCC4C)cnc32)c1.N/N=C(\N)CNC=O. The minimum absolute atomic E-state index is 0.0198. The zero-order chi connectivity index (χ0) is 34.6. The molecule has 2 aromatic carbocycles. The quantitative estimate of drug-likeness (QED) is 0.0777. The van der Waals surface area contributed by atoms with E-state index in [9.17, 15) is 18.0 Å². The van der Waals surface area contributed by atoms with Gasteiger partial charge in [-0.1, -0.05) is 35.9 Å². The Labute approximate surface area is 283 Å². The molecule has 1 unspecified atom stereocenters. The van der Waals surface area contributed by atoms with Crippen LogP contribution in [0.3, 0.4) is 0 Å². The summed E-state index contributed by atoms with van der Waals surface area (Å²) in [5, 5.41) is 5.88. The van der Waals surface area contributed by atoms with E-state index in [1.54, 1.807) is 36.0 Å². The second kappa shape index (κ2) is 14.1. The minimum Gasteiger partial charge on any atom is -0.384 e. The smallest absolute Gasteiger partial charge is 0.260 e. The summed E-state index contributed by atoms with van der Waals surface area (Å²) in [4.78, 5) is 38.1. The van der Waals surface area contributed by atoms with Crippen LogP contribution in [-0.2, 0) is 31.6 Å². The molecule has 4 aromatic rings. The van der Waals surface area contributed by atoms with Gasteiger partial charge in [0.25, 0.3) is 15.9 Å². The van der Waals surface area contributed by atoms with Crippen LogP contribution in [0, 0.1) is 6.92 Å². The van der Waals surface area contributed by atoms with Crippen molar-refractivity contribution in [2.75, 3.05) is 18.0 Å². The first kappa shape index (κ1) is 34.5. The Morgan fingerprint density at radius 3 is 2.46 bits per heavy atom. The second-order valence-electron chi connectivity index (χ2n) is 11.9. The number of carbonyl (C=O) groups is 2. The van der Waals surface area contributed by atoms with Crippen molar-refractivity contribution in [1.82, 2.24) is 29.1 Å². The fourth-order valence-corrected chi connectivity index (χ4v) is 8.20. The number of hydrazone groups is 1. The zero-order valence-electron chi connectivity index (χ0n) is 26.7. The number of fused-ring (bicyclic) bond motifs is 1. The first-order valence-corrected chi connectivity index (χ1v) is 17.0. The number of amidine groups is 1. The predicted molar refractivity (Wildman–Crippen MR) is 183 cm³/mol. The number of aryl methyl sites for hydroxylation is 1. The van der Waals surface area contributed by atoms with Crippen molar-refractivity contribution in [3.8, 4) is 11.1 Å². The van der Waals surface area contributed by atoms with E-state index >= 15 is 0 Å². The highest BCUT2D eigenvalue weighted by Crippen LogP contribution is 2.45. The summed E-state index contributed by atoms with van der Waals surface area (Å²) in [6.45, 7) is 6.24. The van der Waals surface area contributed by atoms with E-state index in [4.69, 9.17) is 23.2 Å². The number of nitrogens with zero attached hydrogens (tertiary/aromatic N) is 7. The highest BCUT2D eigenvalue weighted by atomic mass is 35.5. The highest BCUT2D eigenvalue weighted by Gasteiger charge is 2.52. The molecule has 0 spiro atoms. The molecule has 4 heterocycles. The van der Waals surface area contributed by atoms with E-state index < -0.39 is 15.6 Å². The van der Waals surface area contributed by atoms with Crippen molar-refractivity contribution < 1.29 is 18.0 Å². The molecule has 2 aliphatic rings. The Morgan fingerprint density at radius 2 is 1.85 bits per heavy atom. The molecule has 1 saturated heterocycles. The second-order valence-corrected chi connectivity index (χ2v) is 14.1. The summed E-state index contributed by atoms with van der Waals surface area (Å²) in [6, 6.07) is 13.0. The number of sulfonamides is 1. The Hall–Kier alpha value is -4.86. The lowest BCUT2D eigenvalue weighted by atomic mass is 9.91. The van der Waals surface area contributed by atoms with Crippen LogP contribution in [0.15, 0.2) is 77.5 Å². The van der Waals surface area contributed by atoms with Gasteiger partial charge in [0.2, 0.25) is 12.4 Å². The van der Waals surface area contributed by atoms with E-state index in [1.165, 1.54) is 21.7 Å². The van der Waals surface area contributed by atoms with Crippen LogP contribution in [0.25, 0.3) is 11.1 Å². The zero-order valence-corrected chi connectivity index (χ0v) is 28.3. The normalized spacial score (nSPS) is 19.5. The number of halogens is 1. The third kappa shape index (κ3) is 6.74. The van der Waals surface area contributed by atoms with Gasteiger partial charge in [0.05, 0.1) is 18.4 Å². The molecule has 0 radical (unpaired) electrons. The molecule has 2 amide bonds. The summed E-state index contributed by atoms with van der Waals surface area (Å²) in [5.74, 6) is 4.91. The van der Waals surface area contributed by atoms with Gasteiger partial charge < -0.3 is 16.9 Å². The molecule has 5 N–H and O–H groups in total. The van der Waals surface area contributed by atoms with Gasteiger partial charge in [-0.2, -0.15) is 9.41 Å². The third-order valence-electron chi connectivity index (χ3n) is 8.35. The fourth-order valence-electron chi connectivity index (χ4n) is 6.03.